The normalized spacial score (nSPS) is 18.8. The Hall–Kier alpha value is -2.63. The summed E-state index contributed by atoms with van der Waals surface area (Å²) in [7, 11) is 0. The standard InChI is InChI=1S/C22H28N4O2/c1-3-20(27)23-16-9-7-13-25(14-16)22(28)21-17-10-6-12-19(17)26(24-21)18-11-5-4-8-15(18)2/h4-5,8,11,16H,3,6-7,9-10,12-14H2,1-2H3,(H,23,27). The molecule has 1 aliphatic carbocycles. The molecule has 2 aromatic rings. The van der Waals surface area contributed by atoms with Gasteiger partial charge in [0.15, 0.2) is 5.69 Å². The first-order valence-corrected chi connectivity index (χ1v) is 10.3. The van der Waals surface area contributed by atoms with E-state index in [-0.39, 0.29) is 17.9 Å². The number of carbonyl (C=O) groups is 2. The Morgan fingerprint density at radius 2 is 2.04 bits per heavy atom. The number of piperidine rings is 1. The van der Waals surface area contributed by atoms with E-state index < -0.39 is 0 Å². The minimum absolute atomic E-state index is 0.000863. The molecule has 6 nitrogen and oxygen atoms in total. The lowest BCUT2D eigenvalue weighted by molar-refractivity contribution is -0.121. The van der Waals surface area contributed by atoms with Crippen LogP contribution in [-0.2, 0) is 17.6 Å². The van der Waals surface area contributed by atoms with Crippen LogP contribution in [0, 0.1) is 6.92 Å². The molecule has 1 N–H and O–H groups in total. The van der Waals surface area contributed by atoms with E-state index in [0.29, 0.717) is 18.7 Å². The van der Waals surface area contributed by atoms with Crippen LogP contribution >= 0.6 is 0 Å². The highest BCUT2D eigenvalue weighted by molar-refractivity contribution is 5.94. The number of nitrogens with one attached hydrogen (secondary N) is 1. The van der Waals surface area contributed by atoms with Crippen molar-refractivity contribution >= 4 is 11.8 Å². The summed E-state index contributed by atoms with van der Waals surface area (Å²) in [6, 6.07) is 8.21. The summed E-state index contributed by atoms with van der Waals surface area (Å²) >= 11 is 0. The van der Waals surface area contributed by atoms with Gasteiger partial charge >= 0.3 is 0 Å². The Morgan fingerprint density at radius 3 is 2.82 bits per heavy atom. The number of hydrogen-bond donors (Lipinski definition) is 1. The molecular formula is C22H28N4O2. The summed E-state index contributed by atoms with van der Waals surface area (Å²) in [6.07, 6.45) is 5.23. The summed E-state index contributed by atoms with van der Waals surface area (Å²) in [5.41, 5.74) is 5.07. The maximum atomic E-state index is 13.3. The van der Waals surface area contributed by atoms with Crippen molar-refractivity contribution in [2.75, 3.05) is 13.1 Å². The molecule has 1 aliphatic heterocycles. The number of rotatable bonds is 4. The van der Waals surface area contributed by atoms with Crippen molar-refractivity contribution in [1.29, 1.82) is 0 Å². The molecule has 1 aromatic carbocycles. The van der Waals surface area contributed by atoms with Gasteiger partial charge in [0.2, 0.25) is 5.91 Å². The van der Waals surface area contributed by atoms with E-state index in [1.54, 1.807) is 0 Å². The molecule has 148 valence electrons. The second-order valence-electron chi connectivity index (χ2n) is 7.84. The molecule has 6 heteroatoms. The quantitative estimate of drug-likeness (QED) is 0.887. The summed E-state index contributed by atoms with van der Waals surface area (Å²) in [6.45, 7) is 5.22. The molecule has 1 unspecified atom stereocenters. The predicted octanol–water partition coefficient (Wildman–Crippen LogP) is 2.80. The third-order valence-electron chi connectivity index (χ3n) is 5.87. The summed E-state index contributed by atoms with van der Waals surface area (Å²) in [5, 5.41) is 7.82. The molecule has 1 fully saturated rings. The van der Waals surface area contributed by atoms with E-state index in [4.69, 9.17) is 5.10 Å². The molecule has 2 heterocycles. The van der Waals surface area contributed by atoms with Crippen molar-refractivity contribution in [3.8, 4) is 5.69 Å². The molecular weight excluding hydrogens is 352 g/mol. The molecule has 2 aliphatic rings. The largest absolute Gasteiger partial charge is 0.352 e. The van der Waals surface area contributed by atoms with Crippen LogP contribution in [-0.4, -0.2) is 45.6 Å². The first-order valence-electron chi connectivity index (χ1n) is 10.3. The molecule has 4 rings (SSSR count). The van der Waals surface area contributed by atoms with Gasteiger partial charge in [-0.1, -0.05) is 25.1 Å². The number of benzene rings is 1. The maximum absolute atomic E-state index is 13.3. The summed E-state index contributed by atoms with van der Waals surface area (Å²) in [4.78, 5) is 26.9. The molecule has 1 saturated heterocycles. The van der Waals surface area contributed by atoms with Crippen molar-refractivity contribution in [3.63, 3.8) is 0 Å². The van der Waals surface area contributed by atoms with Gasteiger partial charge in [-0.2, -0.15) is 5.10 Å². The van der Waals surface area contributed by atoms with E-state index in [2.05, 4.69) is 24.4 Å². The average Bonchev–Trinajstić information content (AvgIpc) is 3.31. The van der Waals surface area contributed by atoms with Gasteiger partial charge in [0.05, 0.1) is 5.69 Å². The van der Waals surface area contributed by atoms with Crippen LogP contribution in [0.1, 0.15) is 59.9 Å². The molecule has 0 saturated carbocycles. The van der Waals surface area contributed by atoms with Gasteiger partial charge in [-0.3, -0.25) is 9.59 Å². The number of fused-ring (bicyclic) bond motifs is 1. The first kappa shape index (κ1) is 18.7. The molecule has 0 bridgehead atoms. The van der Waals surface area contributed by atoms with Gasteiger partial charge in [0, 0.05) is 36.8 Å². The molecule has 2 amide bonds. The number of aromatic nitrogens is 2. The van der Waals surface area contributed by atoms with Gasteiger partial charge in [-0.15, -0.1) is 0 Å². The van der Waals surface area contributed by atoms with E-state index >= 15 is 0 Å². The third kappa shape index (κ3) is 3.43. The fourth-order valence-corrected chi connectivity index (χ4v) is 4.37. The monoisotopic (exact) mass is 380 g/mol. The molecule has 28 heavy (non-hydrogen) atoms. The van der Waals surface area contributed by atoms with Crippen molar-refractivity contribution in [2.24, 2.45) is 0 Å². The lowest BCUT2D eigenvalue weighted by Gasteiger charge is -2.33. The summed E-state index contributed by atoms with van der Waals surface area (Å²) in [5.74, 6) is 0.0463. The molecule has 0 radical (unpaired) electrons. The van der Waals surface area contributed by atoms with Crippen LogP contribution in [0.15, 0.2) is 24.3 Å². The molecule has 1 aromatic heterocycles. The fraction of sp³-hybridized carbons (Fsp3) is 0.500. The van der Waals surface area contributed by atoms with Crippen LogP contribution in [0.25, 0.3) is 5.69 Å². The highest BCUT2D eigenvalue weighted by Crippen LogP contribution is 2.30. The number of carbonyl (C=O) groups excluding carboxylic acids is 2. The smallest absolute Gasteiger partial charge is 0.274 e. The maximum Gasteiger partial charge on any atom is 0.274 e. The number of amides is 2. The van der Waals surface area contributed by atoms with Crippen LogP contribution in [0.4, 0.5) is 0 Å². The van der Waals surface area contributed by atoms with E-state index in [1.807, 2.05) is 28.6 Å². The summed E-state index contributed by atoms with van der Waals surface area (Å²) < 4.78 is 1.98. The lowest BCUT2D eigenvalue weighted by Crippen LogP contribution is -2.49. The minimum Gasteiger partial charge on any atom is -0.352 e. The zero-order valence-corrected chi connectivity index (χ0v) is 16.7. The van der Waals surface area contributed by atoms with Gasteiger partial charge < -0.3 is 10.2 Å². The van der Waals surface area contributed by atoms with Gasteiger partial charge in [0.1, 0.15) is 0 Å². The highest BCUT2D eigenvalue weighted by atomic mass is 16.2. The van der Waals surface area contributed by atoms with Gasteiger partial charge in [-0.25, -0.2) is 4.68 Å². The number of likely N-dealkylation sites (tertiary alicyclic amines) is 1. The van der Waals surface area contributed by atoms with Crippen LogP contribution in [0.2, 0.25) is 0 Å². The van der Waals surface area contributed by atoms with Crippen molar-refractivity contribution < 1.29 is 9.59 Å². The van der Waals surface area contributed by atoms with Crippen LogP contribution < -0.4 is 5.32 Å². The first-order chi connectivity index (χ1) is 13.6. The van der Waals surface area contributed by atoms with Gasteiger partial charge in [0.25, 0.3) is 5.91 Å². The SMILES string of the molecule is CCC(=O)NC1CCCN(C(=O)c2nn(-c3ccccc3C)c3c2CCC3)C1. The van der Waals surface area contributed by atoms with Crippen molar-refractivity contribution in [2.45, 2.75) is 58.4 Å². The Balaban J connectivity index is 1.61. The Labute approximate surface area is 165 Å². The van der Waals surface area contributed by atoms with E-state index in [9.17, 15) is 9.59 Å². The van der Waals surface area contributed by atoms with Crippen LogP contribution in [0.5, 0.6) is 0 Å². The minimum atomic E-state index is 0.000863. The van der Waals surface area contributed by atoms with Gasteiger partial charge in [-0.05, 0) is 50.7 Å². The fourth-order valence-electron chi connectivity index (χ4n) is 4.37. The second-order valence-corrected chi connectivity index (χ2v) is 7.84. The Morgan fingerprint density at radius 1 is 1.21 bits per heavy atom. The Kier molecular flexibility index (Phi) is 5.20. The zero-order valence-electron chi connectivity index (χ0n) is 16.7. The lowest BCUT2D eigenvalue weighted by atomic mass is 10.0. The number of para-hydroxylation sites is 1. The topological polar surface area (TPSA) is 67.2 Å². The highest BCUT2D eigenvalue weighted by Gasteiger charge is 2.32. The van der Waals surface area contributed by atoms with Crippen molar-refractivity contribution in [3.05, 3.63) is 46.8 Å². The molecule has 0 spiro atoms. The zero-order chi connectivity index (χ0) is 19.7. The molecule has 1 atom stereocenters. The number of hydrogen-bond acceptors (Lipinski definition) is 3. The Bertz CT molecular complexity index is 902. The van der Waals surface area contributed by atoms with Crippen molar-refractivity contribution in [1.82, 2.24) is 20.0 Å². The average molecular weight is 380 g/mol. The number of nitrogens with zero attached hydrogens (tertiary/aromatic N) is 3. The third-order valence-corrected chi connectivity index (χ3v) is 5.87. The predicted molar refractivity (Wildman–Crippen MR) is 108 cm³/mol. The van der Waals surface area contributed by atoms with E-state index in [1.165, 1.54) is 5.69 Å². The number of aryl methyl sites for hydroxylation is 1. The van der Waals surface area contributed by atoms with E-state index in [0.717, 1.165) is 55.5 Å². The second kappa shape index (κ2) is 7.78. The van der Waals surface area contributed by atoms with Crippen LogP contribution in [0.3, 0.4) is 0 Å².